The second-order valence-electron chi connectivity index (χ2n) is 6.02. The fourth-order valence-electron chi connectivity index (χ4n) is 2.34. The molecule has 0 aliphatic heterocycles. The van der Waals surface area contributed by atoms with E-state index in [0.29, 0.717) is 5.82 Å². The Balaban J connectivity index is 2.20. The first-order valence-corrected chi connectivity index (χ1v) is 7.56. The first-order valence-electron chi connectivity index (χ1n) is 6.08. The first kappa shape index (κ1) is 14.2. The number of nitrogens with one attached hydrogen (secondary N) is 2. The van der Waals surface area contributed by atoms with Gasteiger partial charge in [-0.1, -0.05) is 27.7 Å². The summed E-state index contributed by atoms with van der Waals surface area (Å²) in [4.78, 5) is 4.05. The number of nitrogens with two attached hydrogens (primary N) is 1. The van der Waals surface area contributed by atoms with E-state index in [4.69, 9.17) is 5.84 Å². The molecule has 106 valence electrons. The van der Waals surface area contributed by atoms with E-state index in [1.165, 1.54) is 18.3 Å². The van der Waals surface area contributed by atoms with Crippen LogP contribution in [0.2, 0.25) is 0 Å². The highest BCUT2D eigenvalue weighted by molar-refractivity contribution is 7.89. The van der Waals surface area contributed by atoms with E-state index in [1.807, 2.05) is 0 Å². The van der Waals surface area contributed by atoms with Crippen molar-refractivity contribution in [2.75, 3.05) is 5.43 Å². The molecule has 2 rings (SSSR count). The van der Waals surface area contributed by atoms with Crippen LogP contribution in [0.5, 0.6) is 0 Å². The quantitative estimate of drug-likeness (QED) is 0.568. The fourth-order valence-corrected chi connectivity index (χ4v) is 3.81. The molecule has 4 N–H and O–H groups in total. The summed E-state index contributed by atoms with van der Waals surface area (Å²) in [5.41, 5.74) is 2.26. The molecule has 0 radical (unpaired) electrons. The third-order valence-electron chi connectivity index (χ3n) is 4.49. The van der Waals surface area contributed by atoms with E-state index >= 15 is 0 Å². The minimum atomic E-state index is -3.55. The first-order chi connectivity index (χ1) is 8.63. The molecule has 1 aromatic heterocycles. The van der Waals surface area contributed by atoms with Gasteiger partial charge in [0.25, 0.3) is 0 Å². The van der Waals surface area contributed by atoms with Crippen molar-refractivity contribution in [3.05, 3.63) is 18.3 Å². The molecule has 0 aromatic carbocycles. The fraction of sp³-hybridized carbons (Fsp3) is 0.583. The lowest BCUT2D eigenvalue weighted by Gasteiger charge is -2.08. The van der Waals surface area contributed by atoms with Crippen molar-refractivity contribution in [2.45, 2.75) is 38.6 Å². The molecule has 0 unspecified atom stereocenters. The molecule has 6 nitrogen and oxygen atoms in total. The average Bonchev–Trinajstić information content (AvgIpc) is 2.71. The molecule has 19 heavy (non-hydrogen) atoms. The molecule has 1 fully saturated rings. The number of nitrogen functional groups attached to an aromatic ring is 1. The average molecular weight is 284 g/mol. The van der Waals surface area contributed by atoms with E-state index in [9.17, 15) is 8.42 Å². The van der Waals surface area contributed by atoms with Gasteiger partial charge in [-0.25, -0.2) is 24.0 Å². The number of hydrazine groups is 1. The van der Waals surface area contributed by atoms with E-state index in [1.54, 1.807) is 0 Å². The van der Waals surface area contributed by atoms with Crippen LogP contribution in [0.15, 0.2) is 23.2 Å². The normalized spacial score (nSPS) is 21.1. The standard InChI is InChI=1S/C12H20N4O2S/c1-11(2)10(12(11,3)4)16-19(17,18)8-5-6-9(15-13)14-7-8/h5-7,10,16H,13H2,1-4H3,(H,14,15). The van der Waals surface area contributed by atoms with Crippen LogP contribution in [0, 0.1) is 10.8 Å². The Kier molecular flexibility index (Phi) is 3.11. The Bertz CT molecular complexity index is 564. The Morgan fingerprint density at radius 2 is 1.79 bits per heavy atom. The zero-order valence-electron chi connectivity index (χ0n) is 11.6. The summed E-state index contributed by atoms with van der Waals surface area (Å²) < 4.78 is 27.3. The molecule has 0 bridgehead atoms. The van der Waals surface area contributed by atoms with Gasteiger partial charge in [0.05, 0.1) is 0 Å². The highest BCUT2D eigenvalue weighted by atomic mass is 32.2. The lowest BCUT2D eigenvalue weighted by Crippen LogP contribution is -2.30. The number of hydrogen-bond acceptors (Lipinski definition) is 5. The maximum atomic E-state index is 12.3. The molecule has 7 heteroatoms. The predicted octanol–water partition coefficient (Wildman–Crippen LogP) is 1.08. The zero-order valence-corrected chi connectivity index (χ0v) is 12.4. The molecule has 1 aromatic rings. The number of sulfonamides is 1. The second kappa shape index (κ2) is 4.16. The topological polar surface area (TPSA) is 97.1 Å². The van der Waals surface area contributed by atoms with Crippen molar-refractivity contribution in [3.63, 3.8) is 0 Å². The highest BCUT2D eigenvalue weighted by Gasteiger charge is 2.66. The molecule has 0 atom stereocenters. The minimum Gasteiger partial charge on any atom is -0.308 e. The number of aromatic nitrogens is 1. The van der Waals surface area contributed by atoms with Crippen molar-refractivity contribution < 1.29 is 8.42 Å². The van der Waals surface area contributed by atoms with Gasteiger partial charge in [-0.3, -0.25) is 0 Å². The second-order valence-corrected chi connectivity index (χ2v) is 7.74. The Hall–Kier alpha value is -1.18. The smallest absolute Gasteiger partial charge is 0.242 e. The monoisotopic (exact) mass is 284 g/mol. The molecule has 1 aliphatic rings. The van der Waals surface area contributed by atoms with Gasteiger partial charge in [0.2, 0.25) is 10.0 Å². The largest absolute Gasteiger partial charge is 0.308 e. The summed E-state index contributed by atoms with van der Waals surface area (Å²) in [5, 5.41) is 0. The van der Waals surface area contributed by atoms with Gasteiger partial charge in [0, 0.05) is 12.2 Å². The van der Waals surface area contributed by atoms with E-state index in [-0.39, 0.29) is 21.8 Å². The summed E-state index contributed by atoms with van der Waals surface area (Å²) in [6.45, 7) is 8.22. The van der Waals surface area contributed by atoms with E-state index in [2.05, 4.69) is 42.8 Å². The summed E-state index contributed by atoms with van der Waals surface area (Å²) >= 11 is 0. The van der Waals surface area contributed by atoms with Gasteiger partial charge in [0.15, 0.2) is 0 Å². The van der Waals surface area contributed by atoms with Crippen LogP contribution in [0.4, 0.5) is 5.82 Å². The van der Waals surface area contributed by atoms with Crippen LogP contribution in [-0.4, -0.2) is 19.4 Å². The van der Waals surface area contributed by atoms with Gasteiger partial charge < -0.3 is 5.43 Å². The third-order valence-corrected chi connectivity index (χ3v) is 5.90. The van der Waals surface area contributed by atoms with Crippen LogP contribution >= 0.6 is 0 Å². The lowest BCUT2D eigenvalue weighted by atomic mass is 10.0. The maximum absolute atomic E-state index is 12.3. The Morgan fingerprint density at radius 1 is 1.21 bits per heavy atom. The van der Waals surface area contributed by atoms with Gasteiger partial charge in [-0.2, -0.15) is 0 Å². The van der Waals surface area contributed by atoms with Crippen molar-refractivity contribution in [1.82, 2.24) is 9.71 Å². The van der Waals surface area contributed by atoms with Crippen LogP contribution in [-0.2, 0) is 10.0 Å². The van der Waals surface area contributed by atoms with Crippen LogP contribution in [0.25, 0.3) is 0 Å². The molecule has 0 saturated heterocycles. The summed E-state index contributed by atoms with van der Waals surface area (Å²) in [5.74, 6) is 5.62. The van der Waals surface area contributed by atoms with Gasteiger partial charge in [-0.05, 0) is 23.0 Å². The van der Waals surface area contributed by atoms with E-state index < -0.39 is 10.0 Å². The SMILES string of the molecule is CC1(C)C(NS(=O)(=O)c2ccc(NN)nc2)C1(C)C. The summed E-state index contributed by atoms with van der Waals surface area (Å²) in [7, 11) is -3.55. The number of pyridine rings is 1. The number of rotatable bonds is 4. The molecule has 1 aliphatic carbocycles. The van der Waals surface area contributed by atoms with Crippen molar-refractivity contribution >= 4 is 15.8 Å². The van der Waals surface area contributed by atoms with Crippen LogP contribution < -0.4 is 16.0 Å². The molecule has 0 spiro atoms. The zero-order chi connectivity index (χ0) is 14.5. The predicted molar refractivity (Wildman–Crippen MR) is 73.7 cm³/mol. The van der Waals surface area contributed by atoms with Gasteiger partial charge >= 0.3 is 0 Å². The number of nitrogens with zero attached hydrogens (tertiary/aromatic N) is 1. The highest BCUT2D eigenvalue weighted by Crippen LogP contribution is 2.62. The van der Waals surface area contributed by atoms with Crippen molar-refractivity contribution in [1.29, 1.82) is 0 Å². The van der Waals surface area contributed by atoms with E-state index in [0.717, 1.165) is 0 Å². The molecule has 1 heterocycles. The summed E-state index contributed by atoms with van der Waals surface area (Å²) in [6, 6.07) is 2.93. The maximum Gasteiger partial charge on any atom is 0.242 e. The lowest BCUT2D eigenvalue weighted by molar-refractivity contribution is 0.457. The van der Waals surface area contributed by atoms with Crippen LogP contribution in [0.3, 0.4) is 0 Å². The van der Waals surface area contributed by atoms with Crippen LogP contribution in [0.1, 0.15) is 27.7 Å². The number of anilines is 1. The molecule has 1 saturated carbocycles. The number of hydrogen-bond donors (Lipinski definition) is 3. The Labute approximate surface area is 113 Å². The molecular formula is C12H20N4O2S. The van der Waals surface area contributed by atoms with Crippen molar-refractivity contribution in [3.8, 4) is 0 Å². The minimum absolute atomic E-state index is 0.0494. The molecule has 0 amide bonds. The third kappa shape index (κ3) is 2.22. The van der Waals surface area contributed by atoms with Gasteiger partial charge in [-0.15, -0.1) is 0 Å². The molecular weight excluding hydrogens is 264 g/mol. The summed E-state index contributed by atoms with van der Waals surface area (Å²) in [6.07, 6.45) is 1.29. The Morgan fingerprint density at radius 3 is 2.16 bits per heavy atom. The van der Waals surface area contributed by atoms with Crippen molar-refractivity contribution in [2.24, 2.45) is 16.7 Å². The van der Waals surface area contributed by atoms with Gasteiger partial charge in [0.1, 0.15) is 10.7 Å².